The van der Waals surface area contributed by atoms with Gasteiger partial charge in [-0.15, -0.1) is 0 Å². The third-order valence-electron chi connectivity index (χ3n) is 2.32. The van der Waals surface area contributed by atoms with Gasteiger partial charge in [0.1, 0.15) is 0 Å². The molecule has 5 nitrogen and oxygen atoms in total. The lowest BCUT2D eigenvalue weighted by Crippen LogP contribution is -2.46. The number of hydrogen-bond acceptors (Lipinski definition) is 3. The lowest BCUT2D eigenvalue weighted by atomic mass is 10.2. The van der Waals surface area contributed by atoms with E-state index in [1.54, 1.807) is 12.4 Å². The Bertz CT molecular complexity index is 418. The molecule has 0 spiro atoms. The molecular formula is C9H13N3O2S. The van der Waals surface area contributed by atoms with Crippen LogP contribution in [0.1, 0.15) is 12.0 Å². The molecule has 1 aromatic rings. The Kier molecular flexibility index (Phi) is 2.99. The third kappa shape index (κ3) is 2.53. The average Bonchev–Trinajstić information content (AvgIpc) is 2.23. The first-order chi connectivity index (χ1) is 7.18. The van der Waals surface area contributed by atoms with E-state index < -0.39 is 10.2 Å². The van der Waals surface area contributed by atoms with Gasteiger partial charge in [-0.05, 0) is 24.1 Å². The van der Waals surface area contributed by atoms with Crippen LogP contribution in [0.2, 0.25) is 0 Å². The molecule has 0 radical (unpaired) electrons. The van der Waals surface area contributed by atoms with Crippen LogP contribution in [0.25, 0.3) is 0 Å². The van der Waals surface area contributed by atoms with E-state index in [4.69, 9.17) is 0 Å². The number of nitrogens with zero attached hydrogens (tertiary/aromatic N) is 2. The summed E-state index contributed by atoms with van der Waals surface area (Å²) in [5.74, 6) is 0. The summed E-state index contributed by atoms with van der Waals surface area (Å²) < 4.78 is 27.1. The highest BCUT2D eigenvalue weighted by molar-refractivity contribution is 7.87. The molecule has 1 saturated heterocycles. The molecule has 1 aliphatic heterocycles. The van der Waals surface area contributed by atoms with E-state index in [0.717, 1.165) is 12.0 Å². The van der Waals surface area contributed by atoms with Crippen molar-refractivity contribution in [3.05, 3.63) is 30.1 Å². The van der Waals surface area contributed by atoms with Gasteiger partial charge in [0.2, 0.25) is 0 Å². The predicted molar refractivity (Wildman–Crippen MR) is 56.2 cm³/mol. The zero-order valence-corrected chi connectivity index (χ0v) is 9.07. The van der Waals surface area contributed by atoms with E-state index in [0.29, 0.717) is 19.6 Å². The quantitative estimate of drug-likeness (QED) is 0.780. The molecule has 1 N–H and O–H groups in total. The SMILES string of the molecule is O=S1(=O)NCCCN1Cc1ccncc1. The van der Waals surface area contributed by atoms with Crippen molar-refractivity contribution < 1.29 is 8.42 Å². The molecule has 0 unspecified atom stereocenters. The molecule has 0 aliphatic carbocycles. The van der Waals surface area contributed by atoms with Gasteiger partial charge in [0, 0.05) is 32.0 Å². The van der Waals surface area contributed by atoms with Gasteiger partial charge in [0.15, 0.2) is 0 Å². The Labute approximate surface area is 89.3 Å². The van der Waals surface area contributed by atoms with E-state index in [1.807, 2.05) is 12.1 Å². The summed E-state index contributed by atoms with van der Waals surface area (Å²) in [5.41, 5.74) is 0.956. The van der Waals surface area contributed by atoms with E-state index in [-0.39, 0.29) is 0 Å². The van der Waals surface area contributed by atoms with Crippen LogP contribution in [-0.4, -0.2) is 30.8 Å². The maximum atomic E-state index is 11.6. The molecule has 6 heteroatoms. The summed E-state index contributed by atoms with van der Waals surface area (Å²) in [6, 6.07) is 3.65. The lowest BCUT2D eigenvalue weighted by molar-refractivity contribution is 0.369. The molecule has 15 heavy (non-hydrogen) atoms. The Morgan fingerprint density at radius 2 is 2.13 bits per heavy atom. The molecule has 82 valence electrons. The molecule has 1 fully saturated rings. The summed E-state index contributed by atoms with van der Waals surface area (Å²) >= 11 is 0. The Morgan fingerprint density at radius 3 is 2.80 bits per heavy atom. The minimum Gasteiger partial charge on any atom is -0.265 e. The van der Waals surface area contributed by atoms with E-state index in [1.165, 1.54) is 4.31 Å². The van der Waals surface area contributed by atoms with Crippen LogP contribution in [0.4, 0.5) is 0 Å². The number of nitrogens with one attached hydrogen (secondary N) is 1. The van der Waals surface area contributed by atoms with Gasteiger partial charge in [0.25, 0.3) is 10.2 Å². The van der Waals surface area contributed by atoms with Gasteiger partial charge in [0.05, 0.1) is 0 Å². The zero-order valence-electron chi connectivity index (χ0n) is 8.26. The molecule has 0 atom stereocenters. The van der Waals surface area contributed by atoms with Crippen molar-refractivity contribution in [3.63, 3.8) is 0 Å². The monoisotopic (exact) mass is 227 g/mol. The highest BCUT2D eigenvalue weighted by Gasteiger charge is 2.24. The molecule has 1 aliphatic rings. The van der Waals surface area contributed by atoms with Crippen molar-refractivity contribution in [2.24, 2.45) is 0 Å². The van der Waals surface area contributed by atoms with E-state index in [2.05, 4.69) is 9.71 Å². The minimum absolute atomic E-state index is 0.415. The van der Waals surface area contributed by atoms with Crippen molar-refractivity contribution in [2.75, 3.05) is 13.1 Å². The maximum absolute atomic E-state index is 11.6. The van der Waals surface area contributed by atoms with Gasteiger partial charge >= 0.3 is 0 Å². The van der Waals surface area contributed by atoms with Gasteiger partial charge in [-0.25, -0.2) is 4.72 Å². The van der Waals surface area contributed by atoms with E-state index >= 15 is 0 Å². The van der Waals surface area contributed by atoms with Crippen molar-refractivity contribution in [3.8, 4) is 0 Å². The molecule has 2 rings (SSSR count). The fourth-order valence-corrected chi connectivity index (χ4v) is 2.80. The molecule has 0 amide bonds. The van der Waals surface area contributed by atoms with Gasteiger partial charge < -0.3 is 0 Å². The Hall–Kier alpha value is -0.980. The summed E-state index contributed by atoms with van der Waals surface area (Å²) in [7, 11) is -3.26. The van der Waals surface area contributed by atoms with Crippen molar-refractivity contribution in [2.45, 2.75) is 13.0 Å². The standard InChI is InChI=1S/C9H13N3O2S/c13-15(14)11-4-1-7-12(15)8-9-2-5-10-6-3-9/h2-3,5-6,11H,1,4,7-8H2. The smallest absolute Gasteiger partial charge is 0.265 e. The topological polar surface area (TPSA) is 62.3 Å². The van der Waals surface area contributed by atoms with Gasteiger partial charge in [-0.3, -0.25) is 4.98 Å². The largest absolute Gasteiger partial charge is 0.279 e. The molecule has 0 bridgehead atoms. The molecule has 1 aromatic heterocycles. The molecule has 0 saturated carbocycles. The second-order valence-corrected chi connectivity index (χ2v) is 5.20. The van der Waals surface area contributed by atoms with Crippen molar-refractivity contribution in [1.29, 1.82) is 0 Å². The highest BCUT2D eigenvalue weighted by atomic mass is 32.2. The summed E-state index contributed by atoms with van der Waals surface area (Å²) in [6.07, 6.45) is 4.18. The van der Waals surface area contributed by atoms with Crippen LogP contribution in [0, 0.1) is 0 Å². The summed E-state index contributed by atoms with van der Waals surface area (Å²) in [6.45, 7) is 1.53. The van der Waals surface area contributed by atoms with Crippen LogP contribution >= 0.6 is 0 Å². The van der Waals surface area contributed by atoms with Crippen molar-refractivity contribution in [1.82, 2.24) is 14.0 Å². The first-order valence-corrected chi connectivity index (χ1v) is 6.26. The lowest BCUT2D eigenvalue weighted by Gasteiger charge is -2.26. The van der Waals surface area contributed by atoms with Crippen LogP contribution < -0.4 is 4.72 Å². The van der Waals surface area contributed by atoms with Crippen LogP contribution in [0.15, 0.2) is 24.5 Å². The van der Waals surface area contributed by atoms with Crippen LogP contribution in [0.3, 0.4) is 0 Å². The first-order valence-electron chi connectivity index (χ1n) is 4.82. The summed E-state index contributed by atoms with van der Waals surface area (Å²) in [4.78, 5) is 3.89. The zero-order chi connectivity index (χ0) is 10.7. The van der Waals surface area contributed by atoms with Gasteiger partial charge in [-0.2, -0.15) is 12.7 Å². The van der Waals surface area contributed by atoms with E-state index in [9.17, 15) is 8.42 Å². The highest BCUT2D eigenvalue weighted by Crippen LogP contribution is 2.10. The average molecular weight is 227 g/mol. The number of pyridine rings is 1. The normalized spacial score (nSPS) is 21.3. The first kappa shape index (κ1) is 10.5. The predicted octanol–water partition coefficient (Wildman–Crippen LogP) is 0.122. The number of aromatic nitrogens is 1. The Morgan fingerprint density at radius 1 is 1.40 bits per heavy atom. The molecular weight excluding hydrogens is 214 g/mol. The second-order valence-electron chi connectivity index (χ2n) is 3.44. The second kappa shape index (κ2) is 4.26. The Balaban J connectivity index is 2.12. The van der Waals surface area contributed by atoms with Crippen LogP contribution in [0.5, 0.6) is 0 Å². The maximum Gasteiger partial charge on any atom is 0.279 e. The minimum atomic E-state index is -3.26. The van der Waals surface area contributed by atoms with Gasteiger partial charge in [-0.1, -0.05) is 0 Å². The fourth-order valence-electron chi connectivity index (χ4n) is 1.52. The molecule has 0 aromatic carbocycles. The summed E-state index contributed by atoms with van der Waals surface area (Å²) in [5, 5.41) is 0. The fraction of sp³-hybridized carbons (Fsp3) is 0.444. The number of rotatable bonds is 2. The third-order valence-corrected chi connectivity index (χ3v) is 3.88. The molecule has 2 heterocycles. The van der Waals surface area contributed by atoms with Crippen LogP contribution in [-0.2, 0) is 16.8 Å². The van der Waals surface area contributed by atoms with Crippen molar-refractivity contribution >= 4 is 10.2 Å². The number of hydrogen-bond donors (Lipinski definition) is 1.